The maximum absolute atomic E-state index is 9.52. The van der Waals surface area contributed by atoms with Gasteiger partial charge in [0.1, 0.15) is 5.75 Å². The zero-order valence-electron chi connectivity index (χ0n) is 9.60. The summed E-state index contributed by atoms with van der Waals surface area (Å²) in [5.74, 6) is 0.301. The van der Waals surface area contributed by atoms with E-state index in [0.29, 0.717) is 5.75 Å². The quantitative estimate of drug-likeness (QED) is 0.672. The molecule has 0 atom stereocenters. The fourth-order valence-corrected chi connectivity index (χ4v) is 2.42. The minimum Gasteiger partial charge on any atom is -0.508 e. The highest BCUT2D eigenvalue weighted by Gasteiger charge is 2.04. The second-order valence-corrected chi connectivity index (χ2v) is 5.13. The predicted molar refractivity (Wildman–Crippen MR) is 78.7 cm³/mol. The van der Waals surface area contributed by atoms with Crippen LogP contribution in [0.3, 0.4) is 0 Å². The van der Waals surface area contributed by atoms with Crippen molar-refractivity contribution in [2.24, 2.45) is 0 Å². The van der Waals surface area contributed by atoms with Crippen LogP contribution in [0.5, 0.6) is 5.75 Å². The minimum atomic E-state index is 0.301. The molecular weight excluding hydrogens is 288 g/mol. The van der Waals surface area contributed by atoms with E-state index < -0.39 is 0 Å². The third-order valence-electron chi connectivity index (χ3n) is 3.02. The number of rotatable bonds is 1. The van der Waals surface area contributed by atoms with Crippen LogP contribution < -0.4 is 0 Å². The van der Waals surface area contributed by atoms with Gasteiger partial charge in [-0.2, -0.15) is 0 Å². The Labute approximate surface area is 114 Å². The summed E-state index contributed by atoms with van der Waals surface area (Å²) in [6, 6.07) is 19.9. The molecule has 88 valence electrons. The van der Waals surface area contributed by atoms with Crippen molar-refractivity contribution in [3.63, 3.8) is 0 Å². The molecule has 0 aliphatic carbocycles. The van der Waals surface area contributed by atoms with Gasteiger partial charge in [0.2, 0.25) is 0 Å². The van der Waals surface area contributed by atoms with Gasteiger partial charge in [0, 0.05) is 4.47 Å². The van der Waals surface area contributed by atoms with E-state index >= 15 is 0 Å². The SMILES string of the molecule is Oc1ccc2c(-c3ccc(Br)cc3)cccc2c1. The summed E-state index contributed by atoms with van der Waals surface area (Å²) in [5.41, 5.74) is 2.36. The van der Waals surface area contributed by atoms with E-state index in [-0.39, 0.29) is 0 Å². The highest BCUT2D eigenvalue weighted by atomic mass is 79.9. The standard InChI is InChI=1S/C16H11BrO/c17-13-6-4-11(5-7-13)15-3-1-2-12-10-14(18)8-9-16(12)15/h1-10,18H. The zero-order chi connectivity index (χ0) is 12.5. The largest absolute Gasteiger partial charge is 0.508 e. The fourth-order valence-electron chi connectivity index (χ4n) is 2.15. The van der Waals surface area contributed by atoms with Crippen molar-refractivity contribution in [2.75, 3.05) is 0 Å². The van der Waals surface area contributed by atoms with Crippen molar-refractivity contribution < 1.29 is 5.11 Å². The molecule has 0 aliphatic heterocycles. The molecular formula is C16H11BrO. The van der Waals surface area contributed by atoms with Gasteiger partial charge in [-0.15, -0.1) is 0 Å². The van der Waals surface area contributed by atoms with Gasteiger partial charge in [0.25, 0.3) is 0 Å². The molecule has 2 heteroatoms. The Morgan fingerprint density at radius 2 is 1.61 bits per heavy atom. The van der Waals surface area contributed by atoms with E-state index in [4.69, 9.17) is 0 Å². The second-order valence-electron chi connectivity index (χ2n) is 4.22. The molecule has 1 N–H and O–H groups in total. The number of hydrogen-bond acceptors (Lipinski definition) is 1. The van der Waals surface area contributed by atoms with Crippen LogP contribution in [0.4, 0.5) is 0 Å². The van der Waals surface area contributed by atoms with Gasteiger partial charge in [-0.05, 0) is 46.2 Å². The minimum absolute atomic E-state index is 0.301. The topological polar surface area (TPSA) is 20.2 Å². The molecule has 0 aliphatic rings. The first kappa shape index (κ1) is 11.3. The van der Waals surface area contributed by atoms with Crippen LogP contribution in [0.2, 0.25) is 0 Å². The third kappa shape index (κ3) is 2.00. The monoisotopic (exact) mass is 298 g/mol. The van der Waals surface area contributed by atoms with E-state index in [2.05, 4.69) is 34.1 Å². The molecule has 0 aromatic heterocycles. The lowest BCUT2D eigenvalue weighted by molar-refractivity contribution is 0.476. The predicted octanol–water partition coefficient (Wildman–Crippen LogP) is 4.97. The van der Waals surface area contributed by atoms with Crippen molar-refractivity contribution in [3.05, 3.63) is 65.1 Å². The average molecular weight is 299 g/mol. The number of phenolic OH excluding ortho intramolecular Hbond substituents is 1. The van der Waals surface area contributed by atoms with Crippen LogP contribution in [0.25, 0.3) is 21.9 Å². The first-order chi connectivity index (χ1) is 8.74. The lowest BCUT2D eigenvalue weighted by Gasteiger charge is -2.07. The third-order valence-corrected chi connectivity index (χ3v) is 3.55. The summed E-state index contributed by atoms with van der Waals surface area (Å²) in [7, 11) is 0. The Kier molecular flexibility index (Phi) is 2.80. The maximum atomic E-state index is 9.52. The Hall–Kier alpha value is -1.80. The van der Waals surface area contributed by atoms with Gasteiger partial charge < -0.3 is 5.11 Å². The highest BCUT2D eigenvalue weighted by molar-refractivity contribution is 9.10. The van der Waals surface area contributed by atoms with Gasteiger partial charge in [0.05, 0.1) is 0 Å². The van der Waals surface area contributed by atoms with Crippen LogP contribution in [0.1, 0.15) is 0 Å². The van der Waals surface area contributed by atoms with Crippen molar-refractivity contribution in [1.82, 2.24) is 0 Å². The van der Waals surface area contributed by atoms with Crippen LogP contribution in [0.15, 0.2) is 65.1 Å². The number of phenols is 1. The van der Waals surface area contributed by atoms with E-state index in [1.165, 1.54) is 11.1 Å². The number of hydrogen-bond donors (Lipinski definition) is 1. The summed E-state index contributed by atoms with van der Waals surface area (Å²) in [6.07, 6.45) is 0. The average Bonchev–Trinajstić information content (AvgIpc) is 2.38. The lowest BCUT2D eigenvalue weighted by atomic mass is 9.98. The molecule has 0 bridgehead atoms. The molecule has 0 saturated heterocycles. The van der Waals surface area contributed by atoms with Crippen molar-refractivity contribution >= 4 is 26.7 Å². The lowest BCUT2D eigenvalue weighted by Crippen LogP contribution is -1.81. The molecule has 1 nitrogen and oxygen atoms in total. The maximum Gasteiger partial charge on any atom is 0.116 e. The summed E-state index contributed by atoms with van der Waals surface area (Å²) in [6.45, 7) is 0. The van der Waals surface area contributed by atoms with Crippen molar-refractivity contribution in [3.8, 4) is 16.9 Å². The summed E-state index contributed by atoms with van der Waals surface area (Å²) < 4.78 is 1.07. The molecule has 0 amide bonds. The second kappa shape index (κ2) is 4.46. The van der Waals surface area contributed by atoms with Crippen LogP contribution in [-0.4, -0.2) is 5.11 Å². The zero-order valence-corrected chi connectivity index (χ0v) is 11.2. The van der Waals surface area contributed by atoms with E-state index in [1.54, 1.807) is 12.1 Å². The van der Waals surface area contributed by atoms with Gasteiger partial charge >= 0.3 is 0 Å². The number of benzene rings is 3. The molecule has 0 fully saturated rings. The van der Waals surface area contributed by atoms with Gasteiger partial charge in [-0.1, -0.05) is 52.3 Å². The van der Waals surface area contributed by atoms with Gasteiger partial charge in [0.15, 0.2) is 0 Å². The van der Waals surface area contributed by atoms with Crippen LogP contribution in [0, 0.1) is 0 Å². The molecule has 3 rings (SSSR count). The first-order valence-electron chi connectivity index (χ1n) is 5.72. The summed E-state index contributed by atoms with van der Waals surface area (Å²) in [5, 5.41) is 11.7. The molecule has 0 unspecified atom stereocenters. The van der Waals surface area contributed by atoms with Crippen molar-refractivity contribution in [2.45, 2.75) is 0 Å². The van der Waals surface area contributed by atoms with Gasteiger partial charge in [-0.25, -0.2) is 0 Å². The number of halogens is 1. The molecule has 3 aromatic rings. The summed E-state index contributed by atoms with van der Waals surface area (Å²) in [4.78, 5) is 0. The number of aromatic hydroxyl groups is 1. The Morgan fingerprint density at radius 1 is 0.833 bits per heavy atom. The molecule has 0 saturated carbocycles. The van der Waals surface area contributed by atoms with Crippen molar-refractivity contribution in [1.29, 1.82) is 0 Å². The number of fused-ring (bicyclic) bond motifs is 1. The normalized spacial score (nSPS) is 10.7. The van der Waals surface area contributed by atoms with Crippen LogP contribution >= 0.6 is 15.9 Å². The van der Waals surface area contributed by atoms with Crippen LogP contribution in [-0.2, 0) is 0 Å². The van der Waals surface area contributed by atoms with Gasteiger partial charge in [-0.3, -0.25) is 0 Å². The molecule has 3 aromatic carbocycles. The molecule has 18 heavy (non-hydrogen) atoms. The summed E-state index contributed by atoms with van der Waals surface area (Å²) >= 11 is 3.44. The Balaban J connectivity index is 2.26. The molecule has 0 heterocycles. The highest BCUT2D eigenvalue weighted by Crippen LogP contribution is 2.31. The Morgan fingerprint density at radius 3 is 2.39 bits per heavy atom. The fraction of sp³-hybridized carbons (Fsp3) is 0. The van der Waals surface area contributed by atoms with E-state index in [1.807, 2.05) is 30.3 Å². The molecule has 0 radical (unpaired) electrons. The first-order valence-corrected chi connectivity index (χ1v) is 6.51. The van der Waals surface area contributed by atoms with E-state index in [9.17, 15) is 5.11 Å². The smallest absolute Gasteiger partial charge is 0.116 e. The van der Waals surface area contributed by atoms with E-state index in [0.717, 1.165) is 15.2 Å². The Bertz CT molecular complexity index is 702. The molecule has 0 spiro atoms.